The molecule has 0 saturated carbocycles. The number of unbranched alkanes of at least 4 members (excludes halogenated alkanes) is 4. The third kappa shape index (κ3) is 7.49. The molecule has 0 aliphatic rings. The Labute approximate surface area is 126 Å². The molecule has 0 radical (unpaired) electrons. The summed E-state index contributed by atoms with van der Waals surface area (Å²) in [5, 5.41) is 11.8. The summed E-state index contributed by atoms with van der Waals surface area (Å²) in [7, 11) is 0. The van der Waals surface area contributed by atoms with E-state index in [9.17, 15) is 14.7 Å². The smallest absolute Gasteiger partial charge is 0.326 e. The van der Waals surface area contributed by atoms with E-state index in [0.29, 0.717) is 12.8 Å². The van der Waals surface area contributed by atoms with Gasteiger partial charge < -0.3 is 10.4 Å². The molecule has 0 heterocycles. The van der Waals surface area contributed by atoms with Gasteiger partial charge in [0, 0.05) is 12.8 Å². The zero-order chi connectivity index (χ0) is 15.5. The molecule has 1 atom stereocenters. The Morgan fingerprint density at radius 3 is 2.38 bits per heavy atom. The van der Waals surface area contributed by atoms with Gasteiger partial charge in [-0.05, 0) is 12.0 Å². The normalized spacial score (nSPS) is 11.9. The Hall–Kier alpha value is -1.84. The van der Waals surface area contributed by atoms with Crippen molar-refractivity contribution in [1.29, 1.82) is 0 Å². The maximum absolute atomic E-state index is 11.8. The fourth-order valence-electron chi connectivity index (χ4n) is 2.21. The summed E-state index contributed by atoms with van der Waals surface area (Å²) in [4.78, 5) is 23.0. The molecule has 4 heteroatoms. The number of amides is 1. The number of nitrogens with one attached hydrogen (secondary N) is 1. The van der Waals surface area contributed by atoms with Gasteiger partial charge in [-0.3, -0.25) is 4.79 Å². The number of carboxylic acids is 1. The van der Waals surface area contributed by atoms with Gasteiger partial charge in [0.05, 0.1) is 0 Å². The lowest BCUT2D eigenvalue weighted by Crippen LogP contribution is -2.42. The molecular weight excluding hydrogens is 266 g/mol. The van der Waals surface area contributed by atoms with Crippen LogP contribution in [-0.2, 0) is 16.0 Å². The summed E-state index contributed by atoms with van der Waals surface area (Å²) in [5.41, 5.74) is 0.910. The van der Waals surface area contributed by atoms with Crippen LogP contribution in [0, 0.1) is 0 Å². The van der Waals surface area contributed by atoms with E-state index in [1.807, 2.05) is 30.3 Å². The van der Waals surface area contributed by atoms with E-state index < -0.39 is 12.0 Å². The Morgan fingerprint density at radius 1 is 1.10 bits per heavy atom. The standard InChI is InChI=1S/C17H25NO3/c1-2-3-4-5-9-12-16(19)18-15(17(20)21)13-14-10-7-6-8-11-14/h6-8,10-11,15H,2-5,9,12-13H2,1H3,(H,18,19)(H,20,21)/t15-/m1/s1. The predicted molar refractivity (Wildman–Crippen MR) is 83.1 cm³/mol. The molecule has 0 fully saturated rings. The summed E-state index contributed by atoms with van der Waals surface area (Å²) in [5.74, 6) is -1.16. The second kappa shape index (κ2) is 9.97. The highest BCUT2D eigenvalue weighted by atomic mass is 16.4. The van der Waals surface area contributed by atoms with Crippen LogP contribution in [0.2, 0.25) is 0 Å². The highest BCUT2D eigenvalue weighted by Gasteiger charge is 2.19. The third-order valence-electron chi connectivity index (χ3n) is 3.42. The third-order valence-corrected chi connectivity index (χ3v) is 3.42. The molecular formula is C17H25NO3. The molecule has 1 aromatic rings. The van der Waals surface area contributed by atoms with Crippen molar-refractivity contribution in [3.63, 3.8) is 0 Å². The maximum Gasteiger partial charge on any atom is 0.326 e. The molecule has 4 nitrogen and oxygen atoms in total. The van der Waals surface area contributed by atoms with Crippen LogP contribution < -0.4 is 5.32 Å². The number of benzene rings is 1. The second-order valence-corrected chi connectivity index (χ2v) is 5.31. The molecule has 1 rings (SSSR count). The number of hydrogen-bond acceptors (Lipinski definition) is 2. The van der Waals surface area contributed by atoms with Crippen LogP contribution >= 0.6 is 0 Å². The number of hydrogen-bond donors (Lipinski definition) is 2. The maximum atomic E-state index is 11.8. The Balaban J connectivity index is 2.36. The average molecular weight is 291 g/mol. The zero-order valence-corrected chi connectivity index (χ0v) is 12.7. The molecule has 0 aromatic heterocycles. The number of carboxylic acid groups (broad SMARTS) is 1. The molecule has 0 aliphatic heterocycles. The van der Waals surface area contributed by atoms with Crippen LogP contribution in [0.1, 0.15) is 51.0 Å². The fourth-order valence-corrected chi connectivity index (χ4v) is 2.21. The van der Waals surface area contributed by atoms with Crippen molar-refractivity contribution < 1.29 is 14.7 Å². The second-order valence-electron chi connectivity index (χ2n) is 5.31. The minimum atomic E-state index is -0.988. The molecule has 0 unspecified atom stereocenters. The molecule has 1 amide bonds. The first-order valence-electron chi connectivity index (χ1n) is 7.69. The van der Waals surface area contributed by atoms with Crippen molar-refractivity contribution in [3.8, 4) is 0 Å². The molecule has 0 aliphatic carbocycles. The SMILES string of the molecule is CCCCCCCC(=O)N[C@H](Cc1ccccc1)C(=O)O. The fraction of sp³-hybridized carbons (Fsp3) is 0.529. The van der Waals surface area contributed by atoms with Crippen molar-refractivity contribution in [2.75, 3.05) is 0 Å². The van der Waals surface area contributed by atoms with Gasteiger partial charge in [0.1, 0.15) is 6.04 Å². The molecule has 0 spiro atoms. The predicted octanol–water partition coefficient (Wildman–Crippen LogP) is 3.16. The first kappa shape index (κ1) is 17.2. The highest BCUT2D eigenvalue weighted by molar-refractivity contribution is 5.83. The van der Waals surface area contributed by atoms with Gasteiger partial charge in [0.25, 0.3) is 0 Å². The van der Waals surface area contributed by atoms with E-state index in [0.717, 1.165) is 24.8 Å². The molecule has 0 bridgehead atoms. The molecule has 21 heavy (non-hydrogen) atoms. The summed E-state index contributed by atoms with van der Waals surface area (Å²) < 4.78 is 0. The van der Waals surface area contributed by atoms with Crippen LogP contribution in [0.5, 0.6) is 0 Å². The van der Waals surface area contributed by atoms with Crippen molar-refractivity contribution in [3.05, 3.63) is 35.9 Å². The van der Waals surface area contributed by atoms with Gasteiger partial charge in [-0.25, -0.2) is 4.79 Å². The van der Waals surface area contributed by atoms with Crippen molar-refractivity contribution >= 4 is 11.9 Å². The van der Waals surface area contributed by atoms with Gasteiger partial charge in [0.2, 0.25) is 5.91 Å². The lowest BCUT2D eigenvalue weighted by atomic mass is 10.1. The lowest BCUT2D eigenvalue weighted by molar-refractivity contribution is -0.141. The largest absolute Gasteiger partial charge is 0.480 e. The van der Waals surface area contributed by atoms with Gasteiger partial charge in [-0.1, -0.05) is 62.9 Å². The minimum absolute atomic E-state index is 0.171. The first-order valence-corrected chi connectivity index (χ1v) is 7.69. The van der Waals surface area contributed by atoms with Crippen LogP contribution in [0.4, 0.5) is 0 Å². The van der Waals surface area contributed by atoms with Crippen molar-refractivity contribution in [2.45, 2.75) is 57.9 Å². The lowest BCUT2D eigenvalue weighted by Gasteiger charge is -2.14. The quantitative estimate of drug-likeness (QED) is 0.651. The van der Waals surface area contributed by atoms with Crippen LogP contribution in [0.25, 0.3) is 0 Å². The van der Waals surface area contributed by atoms with Crippen molar-refractivity contribution in [1.82, 2.24) is 5.32 Å². The Bertz CT molecular complexity index is 431. The Morgan fingerprint density at radius 2 is 1.76 bits per heavy atom. The molecule has 2 N–H and O–H groups in total. The molecule has 116 valence electrons. The zero-order valence-electron chi connectivity index (χ0n) is 12.7. The van der Waals surface area contributed by atoms with E-state index in [2.05, 4.69) is 12.2 Å². The highest BCUT2D eigenvalue weighted by Crippen LogP contribution is 2.07. The minimum Gasteiger partial charge on any atom is -0.480 e. The van der Waals surface area contributed by atoms with E-state index >= 15 is 0 Å². The molecule has 1 aromatic carbocycles. The summed E-state index contributed by atoms with van der Waals surface area (Å²) >= 11 is 0. The van der Waals surface area contributed by atoms with Gasteiger partial charge >= 0.3 is 5.97 Å². The average Bonchev–Trinajstić information content (AvgIpc) is 2.47. The monoisotopic (exact) mass is 291 g/mol. The summed E-state index contributed by atoms with van der Waals surface area (Å²) in [6, 6.07) is 8.50. The van der Waals surface area contributed by atoms with Crippen molar-refractivity contribution in [2.24, 2.45) is 0 Å². The summed E-state index contributed by atoms with van der Waals surface area (Å²) in [6.07, 6.45) is 6.06. The Kier molecular flexibility index (Phi) is 8.17. The van der Waals surface area contributed by atoms with E-state index in [4.69, 9.17) is 0 Å². The van der Waals surface area contributed by atoms with Crippen LogP contribution in [0.3, 0.4) is 0 Å². The van der Waals surface area contributed by atoms with Gasteiger partial charge in [-0.15, -0.1) is 0 Å². The summed E-state index contributed by atoms with van der Waals surface area (Å²) in [6.45, 7) is 2.15. The van der Waals surface area contributed by atoms with E-state index in [1.165, 1.54) is 12.8 Å². The van der Waals surface area contributed by atoms with E-state index in [-0.39, 0.29) is 5.91 Å². The van der Waals surface area contributed by atoms with Gasteiger partial charge in [0.15, 0.2) is 0 Å². The molecule has 0 saturated heterocycles. The first-order chi connectivity index (χ1) is 10.1. The van der Waals surface area contributed by atoms with Crippen LogP contribution in [0.15, 0.2) is 30.3 Å². The van der Waals surface area contributed by atoms with E-state index in [1.54, 1.807) is 0 Å². The number of carbonyl (C=O) groups is 2. The topological polar surface area (TPSA) is 66.4 Å². The number of rotatable bonds is 10. The van der Waals surface area contributed by atoms with Crippen LogP contribution in [-0.4, -0.2) is 23.0 Å². The number of carbonyl (C=O) groups excluding carboxylic acids is 1. The van der Waals surface area contributed by atoms with Gasteiger partial charge in [-0.2, -0.15) is 0 Å². The number of aliphatic carboxylic acids is 1.